The van der Waals surface area contributed by atoms with Gasteiger partial charge in [0.2, 0.25) is 10.0 Å². The van der Waals surface area contributed by atoms with Gasteiger partial charge in [-0.2, -0.15) is 0 Å². The van der Waals surface area contributed by atoms with E-state index in [0.29, 0.717) is 12.8 Å². The van der Waals surface area contributed by atoms with E-state index >= 15 is 0 Å². The van der Waals surface area contributed by atoms with Crippen molar-refractivity contribution in [1.82, 2.24) is 10.0 Å². The Morgan fingerprint density at radius 1 is 1.36 bits per heavy atom. The maximum atomic E-state index is 12.5. The molecule has 0 amide bonds. The van der Waals surface area contributed by atoms with Crippen molar-refractivity contribution in [3.8, 4) is 0 Å². The van der Waals surface area contributed by atoms with E-state index in [9.17, 15) is 13.2 Å². The molecule has 0 unspecified atom stereocenters. The maximum Gasteiger partial charge on any atom is 0.339 e. The molecule has 2 rings (SSSR count). The highest BCUT2D eigenvalue weighted by Crippen LogP contribution is 2.22. The smallest absolute Gasteiger partial charge is 0.339 e. The van der Waals surface area contributed by atoms with E-state index < -0.39 is 16.0 Å². The minimum absolute atomic E-state index is 0. The molecule has 1 aliphatic rings. The first-order valence-electron chi connectivity index (χ1n) is 6.55. The second-order valence-corrected chi connectivity index (χ2v) is 6.90. The van der Waals surface area contributed by atoms with Gasteiger partial charge in [-0.1, -0.05) is 11.6 Å². The summed E-state index contributed by atoms with van der Waals surface area (Å²) < 4.78 is 32.2. The first-order valence-corrected chi connectivity index (χ1v) is 8.41. The number of sulfonamides is 1. The van der Waals surface area contributed by atoms with Gasteiger partial charge in [-0.05, 0) is 44.1 Å². The van der Waals surface area contributed by atoms with E-state index in [-0.39, 0.29) is 33.9 Å². The molecule has 1 aromatic carbocycles. The number of rotatable bonds is 4. The van der Waals surface area contributed by atoms with Gasteiger partial charge in [0.25, 0.3) is 0 Å². The number of piperidine rings is 1. The summed E-state index contributed by atoms with van der Waals surface area (Å²) in [5.74, 6) is -0.711. The first-order chi connectivity index (χ1) is 9.94. The quantitative estimate of drug-likeness (QED) is 0.788. The summed E-state index contributed by atoms with van der Waals surface area (Å²) in [6.45, 7) is 1.51. The zero-order valence-electron chi connectivity index (χ0n) is 12.0. The number of nitrogens with one attached hydrogen (secondary N) is 2. The van der Waals surface area contributed by atoms with Crippen molar-refractivity contribution in [3.63, 3.8) is 0 Å². The molecule has 1 heterocycles. The van der Waals surface area contributed by atoms with Crippen LogP contribution < -0.4 is 10.0 Å². The Hall–Kier alpha value is -0.860. The molecule has 22 heavy (non-hydrogen) atoms. The van der Waals surface area contributed by atoms with Crippen LogP contribution in [-0.2, 0) is 14.8 Å². The van der Waals surface area contributed by atoms with E-state index in [4.69, 9.17) is 11.6 Å². The van der Waals surface area contributed by atoms with Crippen molar-refractivity contribution in [1.29, 1.82) is 0 Å². The van der Waals surface area contributed by atoms with Crippen LogP contribution in [0.5, 0.6) is 0 Å². The number of ether oxygens (including phenoxy) is 1. The normalized spacial score (nSPS) is 15.9. The topological polar surface area (TPSA) is 84.5 Å². The highest BCUT2D eigenvalue weighted by molar-refractivity contribution is 7.89. The Bertz CT molecular complexity index is 631. The van der Waals surface area contributed by atoms with Gasteiger partial charge >= 0.3 is 5.97 Å². The van der Waals surface area contributed by atoms with Crippen molar-refractivity contribution in [2.24, 2.45) is 0 Å². The second-order valence-electron chi connectivity index (χ2n) is 4.78. The number of methoxy groups -OCH3 is 1. The Morgan fingerprint density at radius 2 is 2.00 bits per heavy atom. The third kappa shape index (κ3) is 4.57. The molecule has 1 saturated heterocycles. The molecular formula is C13H18Cl2N2O4S. The van der Waals surface area contributed by atoms with Gasteiger partial charge in [0.15, 0.2) is 0 Å². The van der Waals surface area contributed by atoms with E-state index in [1.807, 2.05) is 0 Å². The molecular weight excluding hydrogens is 351 g/mol. The minimum atomic E-state index is -3.83. The predicted molar refractivity (Wildman–Crippen MR) is 86.3 cm³/mol. The van der Waals surface area contributed by atoms with E-state index in [0.717, 1.165) is 13.1 Å². The fourth-order valence-corrected chi connectivity index (χ4v) is 3.98. The number of carbonyl (C=O) groups is 1. The Balaban J connectivity index is 0.00000242. The van der Waals surface area contributed by atoms with Crippen molar-refractivity contribution in [2.45, 2.75) is 23.8 Å². The van der Waals surface area contributed by atoms with Crippen LogP contribution >= 0.6 is 24.0 Å². The fraction of sp³-hybridized carbons (Fsp3) is 0.462. The van der Waals surface area contributed by atoms with Crippen molar-refractivity contribution in [3.05, 3.63) is 28.8 Å². The molecule has 0 radical (unpaired) electrons. The summed E-state index contributed by atoms with van der Waals surface area (Å²) in [4.78, 5) is 11.6. The lowest BCUT2D eigenvalue weighted by atomic mass is 10.1. The highest BCUT2D eigenvalue weighted by Gasteiger charge is 2.26. The van der Waals surface area contributed by atoms with Gasteiger partial charge < -0.3 is 10.1 Å². The SMILES string of the molecule is COC(=O)c1ccc(Cl)cc1S(=O)(=O)NC1CCNCC1.Cl. The first kappa shape index (κ1) is 19.2. The third-order valence-electron chi connectivity index (χ3n) is 3.30. The van der Waals surface area contributed by atoms with Crippen LogP contribution in [0.4, 0.5) is 0 Å². The number of benzene rings is 1. The van der Waals surface area contributed by atoms with Crippen LogP contribution in [0, 0.1) is 0 Å². The fourth-order valence-electron chi connectivity index (χ4n) is 2.22. The largest absolute Gasteiger partial charge is 0.465 e. The maximum absolute atomic E-state index is 12.5. The van der Waals surface area contributed by atoms with Crippen molar-refractivity contribution in [2.75, 3.05) is 20.2 Å². The Morgan fingerprint density at radius 3 is 2.59 bits per heavy atom. The van der Waals surface area contributed by atoms with Gasteiger partial charge in [0, 0.05) is 11.1 Å². The van der Waals surface area contributed by atoms with Crippen LogP contribution in [0.3, 0.4) is 0 Å². The van der Waals surface area contributed by atoms with Gasteiger partial charge in [-0.15, -0.1) is 12.4 Å². The third-order valence-corrected chi connectivity index (χ3v) is 5.09. The summed E-state index contributed by atoms with van der Waals surface area (Å²) in [6, 6.07) is 3.92. The van der Waals surface area contributed by atoms with E-state index in [1.54, 1.807) is 0 Å². The molecule has 1 aromatic rings. The minimum Gasteiger partial charge on any atom is -0.465 e. The summed E-state index contributed by atoms with van der Waals surface area (Å²) in [7, 11) is -2.63. The lowest BCUT2D eigenvalue weighted by molar-refractivity contribution is 0.0596. The molecule has 6 nitrogen and oxygen atoms in total. The number of carbonyl (C=O) groups excluding carboxylic acids is 1. The Labute approximate surface area is 141 Å². The molecule has 0 aromatic heterocycles. The number of hydrogen-bond donors (Lipinski definition) is 2. The van der Waals surface area contributed by atoms with Crippen LogP contribution in [0.15, 0.2) is 23.1 Å². The van der Waals surface area contributed by atoms with Gasteiger partial charge in [-0.3, -0.25) is 0 Å². The summed E-state index contributed by atoms with van der Waals surface area (Å²) in [6.07, 6.45) is 1.40. The van der Waals surface area contributed by atoms with Crippen molar-refractivity contribution < 1.29 is 17.9 Å². The zero-order valence-corrected chi connectivity index (χ0v) is 14.4. The van der Waals surface area contributed by atoms with Crippen molar-refractivity contribution >= 4 is 40.0 Å². The predicted octanol–water partition coefficient (Wildman–Crippen LogP) is 1.58. The van der Waals surface area contributed by atoms with Crippen LogP contribution in [0.25, 0.3) is 0 Å². The Kier molecular flexibility index (Phi) is 7.08. The highest BCUT2D eigenvalue weighted by atomic mass is 35.5. The van der Waals surface area contributed by atoms with Crippen LogP contribution in [-0.4, -0.2) is 40.6 Å². The van der Waals surface area contributed by atoms with E-state index in [2.05, 4.69) is 14.8 Å². The molecule has 0 saturated carbocycles. The summed E-state index contributed by atoms with van der Waals surface area (Å²) in [5.41, 5.74) is -0.0247. The summed E-state index contributed by atoms with van der Waals surface area (Å²) in [5, 5.41) is 3.40. The zero-order chi connectivity index (χ0) is 15.5. The average molecular weight is 369 g/mol. The standard InChI is InChI=1S/C13H17ClN2O4S.ClH/c1-20-13(17)11-3-2-9(14)8-12(11)21(18,19)16-10-4-6-15-7-5-10;/h2-3,8,10,15-16H,4-7H2,1H3;1H. The van der Waals surface area contributed by atoms with Gasteiger partial charge in [0.05, 0.1) is 17.6 Å². The number of hydrogen-bond acceptors (Lipinski definition) is 5. The van der Waals surface area contributed by atoms with E-state index in [1.165, 1.54) is 25.3 Å². The molecule has 0 aliphatic carbocycles. The molecule has 0 bridgehead atoms. The molecule has 0 atom stereocenters. The lowest BCUT2D eigenvalue weighted by Gasteiger charge is -2.24. The summed E-state index contributed by atoms with van der Waals surface area (Å²) >= 11 is 5.86. The average Bonchev–Trinajstić information content (AvgIpc) is 2.47. The molecule has 9 heteroatoms. The van der Waals surface area contributed by atoms with Crippen LogP contribution in [0.1, 0.15) is 23.2 Å². The lowest BCUT2D eigenvalue weighted by Crippen LogP contribution is -2.42. The number of esters is 1. The molecule has 0 spiro atoms. The molecule has 124 valence electrons. The second kappa shape index (κ2) is 8.12. The molecule has 1 aliphatic heterocycles. The monoisotopic (exact) mass is 368 g/mol. The van der Waals surface area contributed by atoms with Gasteiger partial charge in [-0.25, -0.2) is 17.9 Å². The van der Waals surface area contributed by atoms with Gasteiger partial charge in [0.1, 0.15) is 0 Å². The molecule has 1 fully saturated rings. The van der Waals surface area contributed by atoms with Crippen LogP contribution in [0.2, 0.25) is 5.02 Å². The molecule has 2 N–H and O–H groups in total. The number of halogens is 2.